The zero-order valence-electron chi connectivity index (χ0n) is 14.1. The van der Waals surface area contributed by atoms with Gasteiger partial charge in [0.25, 0.3) is 10.0 Å². The van der Waals surface area contributed by atoms with Crippen LogP contribution in [0.3, 0.4) is 0 Å². The number of halogens is 1. The van der Waals surface area contributed by atoms with E-state index in [2.05, 4.69) is 21.2 Å². The molecule has 26 heavy (non-hydrogen) atoms. The van der Waals surface area contributed by atoms with E-state index in [1.165, 1.54) is 15.6 Å². The molecule has 1 aromatic carbocycles. The van der Waals surface area contributed by atoms with Crippen LogP contribution in [0.25, 0.3) is 0 Å². The van der Waals surface area contributed by atoms with Gasteiger partial charge in [0.05, 0.1) is 16.8 Å². The lowest BCUT2D eigenvalue weighted by atomic mass is 9.99. The topological polar surface area (TPSA) is 75.7 Å². The molecule has 1 amide bonds. The Morgan fingerprint density at radius 1 is 1.27 bits per heavy atom. The summed E-state index contributed by atoms with van der Waals surface area (Å²) in [7, 11) is -1.98. The van der Waals surface area contributed by atoms with Crippen LogP contribution in [-0.2, 0) is 14.8 Å². The van der Waals surface area contributed by atoms with Crippen molar-refractivity contribution in [1.82, 2.24) is 4.31 Å². The minimum atomic E-state index is -3.56. The number of carbonyl (C=O) groups is 1. The third kappa shape index (κ3) is 4.28. The first kappa shape index (κ1) is 19.3. The van der Waals surface area contributed by atoms with Gasteiger partial charge in [-0.25, -0.2) is 8.42 Å². The Bertz CT molecular complexity index is 880. The van der Waals surface area contributed by atoms with E-state index >= 15 is 0 Å². The molecule has 0 radical (unpaired) electrons. The van der Waals surface area contributed by atoms with Crippen LogP contribution in [0.1, 0.15) is 12.8 Å². The number of methoxy groups -OCH3 is 1. The number of nitrogens with zero attached hydrogens (tertiary/aromatic N) is 1. The van der Waals surface area contributed by atoms with E-state index < -0.39 is 10.0 Å². The van der Waals surface area contributed by atoms with Crippen molar-refractivity contribution in [3.8, 4) is 5.75 Å². The molecule has 0 spiro atoms. The molecule has 1 saturated heterocycles. The minimum Gasteiger partial charge on any atom is -0.497 e. The summed E-state index contributed by atoms with van der Waals surface area (Å²) in [4.78, 5) is 12.6. The number of ether oxygens (including phenoxy) is 1. The summed E-state index contributed by atoms with van der Waals surface area (Å²) in [5.74, 6) is 0.173. The van der Waals surface area contributed by atoms with Crippen molar-refractivity contribution in [1.29, 1.82) is 0 Å². The first-order valence-corrected chi connectivity index (χ1v) is 11.2. The van der Waals surface area contributed by atoms with Gasteiger partial charge in [-0.05, 0) is 65.2 Å². The molecule has 0 saturated carbocycles. The number of anilines is 1. The molecule has 6 nitrogen and oxygen atoms in total. The summed E-state index contributed by atoms with van der Waals surface area (Å²) in [6.45, 7) is 0.629. The number of carbonyl (C=O) groups excluding carboxylic acids is 1. The maximum absolute atomic E-state index is 12.8. The summed E-state index contributed by atoms with van der Waals surface area (Å²) in [6.07, 6.45) is 1.33. The fraction of sp³-hybridized carbons (Fsp3) is 0.353. The lowest BCUT2D eigenvalue weighted by Crippen LogP contribution is -2.43. The third-order valence-corrected chi connectivity index (χ3v) is 8.21. The molecule has 1 aromatic heterocycles. The van der Waals surface area contributed by atoms with Crippen molar-refractivity contribution in [3.63, 3.8) is 0 Å². The van der Waals surface area contributed by atoms with Crippen LogP contribution in [0.2, 0.25) is 0 Å². The molecule has 3 rings (SSSR count). The molecule has 0 unspecified atom stereocenters. The largest absolute Gasteiger partial charge is 0.497 e. The average molecular weight is 459 g/mol. The molecule has 1 fully saturated rings. The smallest absolute Gasteiger partial charge is 0.252 e. The number of piperidine rings is 1. The Labute approximate surface area is 165 Å². The Kier molecular flexibility index (Phi) is 6.01. The average Bonchev–Trinajstić information content (AvgIpc) is 3.10. The molecule has 1 N–H and O–H groups in total. The lowest BCUT2D eigenvalue weighted by molar-refractivity contribution is -0.120. The van der Waals surface area contributed by atoms with E-state index in [1.807, 2.05) is 0 Å². The number of benzene rings is 1. The van der Waals surface area contributed by atoms with E-state index in [4.69, 9.17) is 4.74 Å². The summed E-state index contributed by atoms with van der Waals surface area (Å²) in [5.41, 5.74) is 0.665. The Morgan fingerprint density at radius 2 is 2.00 bits per heavy atom. The van der Waals surface area contributed by atoms with Crippen LogP contribution in [0.5, 0.6) is 5.75 Å². The van der Waals surface area contributed by atoms with E-state index in [1.54, 1.807) is 43.5 Å². The number of rotatable bonds is 5. The fourth-order valence-corrected chi connectivity index (χ4v) is 6.55. The van der Waals surface area contributed by atoms with Crippen molar-refractivity contribution >= 4 is 48.9 Å². The molecular formula is C17H19BrN2O4S2. The maximum Gasteiger partial charge on any atom is 0.252 e. The highest BCUT2D eigenvalue weighted by molar-refractivity contribution is 9.11. The molecule has 2 heterocycles. The molecule has 1 aliphatic rings. The van der Waals surface area contributed by atoms with Crippen LogP contribution in [-0.4, -0.2) is 38.8 Å². The van der Waals surface area contributed by atoms with Crippen molar-refractivity contribution in [2.24, 2.45) is 5.92 Å². The van der Waals surface area contributed by atoms with Crippen LogP contribution < -0.4 is 10.1 Å². The van der Waals surface area contributed by atoms with Gasteiger partial charge in [-0.2, -0.15) is 4.31 Å². The summed E-state index contributed by atoms with van der Waals surface area (Å²) in [5, 5.41) is 2.86. The molecule has 1 atom stereocenters. The summed E-state index contributed by atoms with van der Waals surface area (Å²) < 4.78 is 33.1. The van der Waals surface area contributed by atoms with E-state index in [-0.39, 0.29) is 18.4 Å². The molecular weight excluding hydrogens is 440 g/mol. The fourth-order valence-electron chi connectivity index (χ4n) is 2.86. The second-order valence-electron chi connectivity index (χ2n) is 5.98. The Hall–Kier alpha value is -1.42. The summed E-state index contributed by atoms with van der Waals surface area (Å²) in [6, 6.07) is 10.4. The van der Waals surface area contributed by atoms with Crippen molar-refractivity contribution < 1.29 is 17.9 Å². The highest BCUT2D eigenvalue weighted by atomic mass is 79.9. The first-order chi connectivity index (χ1) is 12.4. The number of amides is 1. The second-order valence-corrected chi connectivity index (χ2v) is 10.6. The number of hydrogen-bond donors (Lipinski definition) is 1. The number of sulfonamides is 1. The molecule has 0 aliphatic carbocycles. The minimum absolute atomic E-state index is 0.164. The standard InChI is InChI=1S/C17H19BrN2O4S2/c1-24-14-6-4-13(5-7-14)19-17(21)12-3-2-10-20(11-12)26(22,23)16-9-8-15(18)25-16/h4-9,12H,2-3,10-11H2,1H3,(H,19,21)/t12-/m1/s1. The zero-order chi connectivity index (χ0) is 18.7. The van der Waals surface area contributed by atoms with Gasteiger partial charge in [0.1, 0.15) is 9.96 Å². The van der Waals surface area contributed by atoms with Gasteiger partial charge in [-0.15, -0.1) is 11.3 Å². The predicted molar refractivity (Wildman–Crippen MR) is 105 cm³/mol. The van der Waals surface area contributed by atoms with Gasteiger partial charge < -0.3 is 10.1 Å². The highest BCUT2D eigenvalue weighted by Gasteiger charge is 2.34. The second kappa shape index (κ2) is 8.08. The van der Waals surface area contributed by atoms with Gasteiger partial charge in [-0.1, -0.05) is 0 Å². The number of thiophene rings is 1. The summed E-state index contributed by atoms with van der Waals surface area (Å²) >= 11 is 4.47. The van der Waals surface area contributed by atoms with Gasteiger partial charge in [0, 0.05) is 18.8 Å². The van der Waals surface area contributed by atoms with E-state index in [0.717, 1.165) is 3.79 Å². The van der Waals surface area contributed by atoms with Gasteiger partial charge >= 0.3 is 0 Å². The van der Waals surface area contributed by atoms with Crippen LogP contribution in [0.15, 0.2) is 44.4 Å². The first-order valence-electron chi connectivity index (χ1n) is 8.10. The van der Waals surface area contributed by atoms with Gasteiger partial charge in [0.2, 0.25) is 5.91 Å². The molecule has 9 heteroatoms. The van der Waals surface area contributed by atoms with Crippen molar-refractivity contribution in [3.05, 3.63) is 40.2 Å². The van der Waals surface area contributed by atoms with Gasteiger partial charge in [0.15, 0.2) is 0 Å². The normalized spacial score (nSPS) is 18.5. The zero-order valence-corrected chi connectivity index (χ0v) is 17.4. The van der Waals surface area contributed by atoms with E-state index in [0.29, 0.717) is 35.0 Å². The quantitative estimate of drug-likeness (QED) is 0.742. The third-order valence-electron chi connectivity index (χ3n) is 4.26. The van der Waals surface area contributed by atoms with Crippen LogP contribution in [0.4, 0.5) is 5.69 Å². The Morgan fingerprint density at radius 3 is 2.62 bits per heavy atom. The SMILES string of the molecule is COc1ccc(NC(=O)[C@@H]2CCCN(S(=O)(=O)c3ccc(Br)s3)C2)cc1. The van der Waals surface area contributed by atoms with Crippen LogP contribution >= 0.6 is 27.3 Å². The van der Waals surface area contributed by atoms with Gasteiger partial charge in [-0.3, -0.25) is 4.79 Å². The molecule has 140 valence electrons. The maximum atomic E-state index is 12.8. The lowest BCUT2D eigenvalue weighted by Gasteiger charge is -2.30. The van der Waals surface area contributed by atoms with Crippen molar-refractivity contribution in [2.45, 2.75) is 17.1 Å². The Balaban J connectivity index is 1.68. The molecule has 1 aliphatic heterocycles. The highest BCUT2D eigenvalue weighted by Crippen LogP contribution is 2.31. The van der Waals surface area contributed by atoms with Crippen molar-refractivity contribution in [2.75, 3.05) is 25.5 Å². The van der Waals surface area contributed by atoms with Crippen LogP contribution in [0, 0.1) is 5.92 Å². The number of hydrogen-bond acceptors (Lipinski definition) is 5. The predicted octanol–water partition coefficient (Wildman–Crippen LogP) is 3.56. The number of nitrogens with one attached hydrogen (secondary N) is 1. The van der Waals surface area contributed by atoms with E-state index in [9.17, 15) is 13.2 Å². The molecule has 0 bridgehead atoms. The molecule has 2 aromatic rings. The monoisotopic (exact) mass is 458 g/mol.